The minimum atomic E-state index is -0.299. The predicted octanol–water partition coefficient (Wildman–Crippen LogP) is 0.212. The maximum Gasteiger partial charge on any atom is 0.251 e. The number of amides is 2. The molecular weight excluding hydrogens is 290 g/mol. The van der Waals surface area contributed by atoms with Crippen LogP contribution in [0.3, 0.4) is 0 Å². The van der Waals surface area contributed by atoms with Gasteiger partial charge in [0.2, 0.25) is 11.7 Å². The maximum atomic E-state index is 12.1. The fourth-order valence-corrected chi connectivity index (χ4v) is 1.84. The van der Waals surface area contributed by atoms with Gasteiger partial charge in [0, 0.05) is 18.5 Å². The molecule has 0 aliphatic rings. The molecule has 0 atom stereocenters. The van der Waals surface area contributed by atoms with Crippen molar-refractivity contribution in [1.29, 1.82) is 0 Å². The van der Waals surface area contributed by atoms with Gasteiger partial charge in [-0.25, -0.2) is 5.84 Å². The SMILES string of the molecule is COc1cc(C(=O)NCCCC(=O)NN)cc(OC)c1OC. The fraction of sp³-hybridized carbons (Fsp3) is 0.429. The van der Waals surface area contributed by atoms with E-state index in [-0.39, 0.29) is 18.2 Å². The summed E-state index contributed by atoms with van der Waals surface area (Å²) in [6.45, 7) is 0.350. The van der Waals surface area contributed by atoms with E-state index < -0.39 is 0 Å². The quantitative estimate of drug-likeness (QED) is 0.274. The first kappa shape index (κ1) is 17.6. The topological polar surface area (TPSA) is 112 Å². The number of methoxy groups -OCH3 is 3. The molecule has 0 spiro atoms. The van der Waals surface area contributed by atoms with Gasteiger partial charge in [0.05, 0.1) is 21.3 Å². The van der Waals surface area contributed by atoms with Gasteiger partial charge in [-0.3, -0.25) is 15.0 Å². The highest BCUT2D eigenvalue weighted by Gasteiger charge is 2.16. The number of benzene rings is 1. The van der Waals surface area contributed by atoms with Crippen LogP contribution in [0.5, 0.6) is 17.2 Å². The molecule has 2 amide bonds. The number of hydrogen-bond acceptors (Lipinski definition) is 6. The standard InChI is InChI=1S/C14H21N3O5/c1-20-10-7-9(8-11(21-2)13(10)22-3)14(19)16-6-4-5-12(18)17-15/h7-8H,4-6,15H2,1-3H3,(H,16,19)(H,17,18). The van der Waals surface area contributed by atoms with Crippen molar-refractivity contribution in [3.8, 4) is 17.2 Å². The van der Waals surface area contributed by atoms with Gasteiger partial charge in [0.15, 0.2) is 11.5 Å². The van der Waals surface area contributed by atoms with Crippen LogP contribution in [-0.2, 0) is 4.79 Å². The van der Waals surface area contributed by atoms with Crippen LogP contribution in [0.4, 0.5) is 0 Å². The zero-order chi connectivity index (χ0) is 16.5. The van der Waals surface area contributed by atoms with Crippen molar-refractivity contribution in [2.75, 3.05) is 27.9 Å². The van der Waals surface area contributed by atoms with Crippen molar-refractivity contribution in [3.63, 3.8) is 0 Å². The first-order chi connectivity index (χ1) is 10.6. The Hall–Kier alpha value is -2.48. The normalized spacial score (nSPS) is 9.82. The summed E-state index contributed by atoms with van der Waals surface area (Å²) in [5.74, 6) is 5.61. The molecule has 8 heteroatoms. The Labute approximate surface area is 128 Å². The molecule has 8 nitrogen and oxygen atoms in total. The van der Waals surface area contributed by atoms with Crippen molar-refractivity contribution >= 4 is 11.8 Å². The van der Waals surface area contributed by atoms with E-state index in [4.69, 9.17) is 20.1 Å². The van der Waals surface area contributed by atoms with Crippen LogP contribution in [-0.4, -0.2) is 39.7 Å². The lowest BCUT2D eigenvalue weighted by molar-refractivity contribution is -0.121. The number of carbonyl (C=O) groups excluding carboxylic acids is 2. The molecule has 0 heterocycles. The number of nitrogens with one attached hydrogen (secondary N) is 2. The van der Waals surface area contributed by atoms with E-state index in [2.05, 4.69) is 5.32 Å². The van der Waals surface area contributed by atoms with Crippen LogP contribution in [0, 0.1) is 0 Å². The van der Waals surface area contributed by atoms with Crippen molar-refractivity contribution in [1.82, 2.24) is 10.7 Å². The van der Waals surface area contributed by atoms with E-state index in [1.807, 2.05) is 5.43 Å². The molecule has 0 aromatic heterocycles. The van der Waals surface area contributed by atoms with Gasteiger partial charge in [-0.2, -0.15) is 0 Å². The van der Waals surface area contributed by atoms with Gasteiger partial charge in [-0.05, 0) is 18.6 Å². The maximum absolute atomic E-state index is 12.1. The Morgan fingerprint density at radius 1 is 1.09 bits per heavy atom. The smallest absolute Gasteiger partial charge is 0.251 e. The molecule has 0 aliphatic heterocycles. The molecule has 0 aliphatic carbocycles. The van der Waals surface area contributed by atoms with Crippen LogP contribution >= 0.6 is 0 Å². The number of hydrazine groups is 1. The van der Waals surface area contributed by atoms with Crippen LogP contribution in [0.2, 0.25) is 0 Å². The highest BCUT2D eigenvalue weighted by molar-refractivity contribution is 5.95. The van der Waals surface area contributed by atoms with Crippen molar-refractivity contribution < 1.29 is 23.8 Å². The molecule has 0 bridgehead atoms. The molecular formula is C14H21N3O5. The van der Waals surface area contributed by atoms with Gasteiger partial charge in [0.1, 0.15) is 0 Å². The second kappa shape index (κ2) is 8.73. The van der Waals surface area contributed by atoms with E-state index in [1.54, 1.807) is 12.1 Å². The van der Waals surface area contributed by atoms with Gasteiger partial charge in [0.25, 0.3) is 5.91 Å². The number of hydrogen-bond donors (Lipinski definition) is 3. The molecule has 0 saturated carbocycles. The summed E-state index contributed by atoms with van der Waals surface area (Å²) >= 11 is 0. The van der Waals surface area contributed by atoms with E-state index in [0.29, 0.717) is 35.8 Å². The average molecular weight is 311 g/mol. The van der Waals surface area contributed by atoms with E-state index >= 15 is 0 Å². The second-order valence-electron chi connectivity index (χ2n) is 4.34. The molecule has 0 fully saturated rings. The first-order valence-electron chi connectivity index (χ1n) is 6.65. The predicted molar refractivity (Wildman–Crippen MR) is 80.0 cm³/mol. The van der Waals surface area contributed by atoms with Crippen molar-refractivity contribution in [2.24, 2.45) is 5.84 Å². The summed E-state index contributed by atoms with van der Waals surface area (Å²) in [4.78, 5) is 23.1. The minimum absolute atomic E-state index is 0.242. The molecule has 1 aromatic carbocycles. The fourth-order valence-electron chi connectivity index (χ4n) is 1.84. The summed E-state index contributed by atoms with van der Waals surface area (Å²) in [7, 11) is 4.44. The molecule has 0 saturated heterocycles. The lowest BCUT2D eigenvalue weighted by atomic mass is 10.1. The van der Waals surface area contributed by atoms with Crippen LogP contribution < -0.4 is 30.8 Å². The largest absolute Gasteiger partial charge is 0.493 e. The molecule has 1 aromatic rings. The third-order valence-electron chi connectivity index (χ3n) is 2.95. The average Bonchev–Trinajstić information content (AvgIpc) is 2.56. The van der Waals surface area contributed by atoms with Gasteiger partial charge in [-0.1, -0.05) is 0 Å². The molecule has 0 radical (unpaired) electrons. The molecule has 0 unspecified atom stereocenters. The Kier molecular flexibility index (Phi) is 6.97. The summed E-state index contributed by atoms with van der Waals surface area (Å²) in [5.41, 5.74) is 2.40. The Balaban J connectivity index is 2.75. The Morgan fingerprint density at radius 3 is 2.14 bits per heavy atom. The number of rotatable bonds is 8. The number of nitrogens with two attached hydrogens (primary N) is 1. The number of carbonyl (C=O) groups is 2. The summed E-state index contributed by atoms with van der Waals surface area (Å²) in [6, 6.07) is 3.12. The lowest BCUT2D eigenvalue weighted by Crippen LogP contribution is -2.31. The minimum Gasteiger partial charge on any atom is -0.493 e. The summed E-state index contributed by atoms with van der Waals surface area (Å²) in [6.07, 6.45) is 0.727. The van der Waals surface area contributed by atoms with Gasteiger partial charge < -0.3 is 19.5 Å². The van der Waals surface area contributed by atoms with Gasteiger partial charge in [-0.15, -0.1) is 0 Å². The van der Waals surface area contributed by atoms with E-state index in [0.717, 1.165) is 0 Å². The van der Waals surface area contributed by atoms with Crippen LogP contribution in [0.1, 0.15) is 23.2 Å². The first-order valence-corrected chi connectivity index (χ1v) is 6.65. The van der Waals surface area contributed by atoms with Gasteiger partial charge >= 0.3 is 0 Å². The van der Waals surface area contributed by atoms with Crippen LogP contribution in [0.15, 0.2) is 12.1 Å². The van der Waals surface area contributed by atoms with E-state index in [9.17, 15) is 9.59 Å². The second-order valence-corrected chi connectivity index (χ2v) is 4.34. The Bertz CT molecular complexity index is 508. The Morgan fingerprint density at radius 2 is 1.68 bits per heavy atom. The van der Waals surface area contributed by atoms with Crippen molar-refractivity contribution in [2.45, 2.75) is 12.8 Å². The third-order valence-corrected chi connectivity index (χ3v) is 2.95. The molecule has 4 N–H and O–H groups in total. The highest BCUT2D eigenvalue weighted by atomic mass is 16.5. The lowest BCUT2D eigenvalue weighted by Gasteiger charge is -2.14. The number of ether oxygens (including phenoxy) is 3. The molecule has 122 valence electrons. The highest BCUT2D eigenvalue weighted by Crippen LogP contribution is 2.38. The van der Waals surface area contributed by atoms with Crippen LogP contribution in [0.25, 0.3) is 0 Å². The third kappa shape index (κ3) is 4.52. The van der Waals surface area contributed by atoms with E-state index in [1.165, 1.54) is 21.3 Å². The monoisotopic (exact) mass is 311 g/mol. The zero-order valence-electron chi connectivity index (χ0n) is 12.9. The summed E-state index contributed by atoms with van der Waals surface area (Å²) in [5, 5.41) is 2.71. The zero-order valence-corrected chi connectivity index (χ0v) is 12.9. The van der Waals surface area contributed by atoms with Crippen molar-refractivity contribution in [3.05, 3.63) is 17.7 Å². The summed E-state index contributed by atoms with van der Waals surface area (Å²) < 4.78 is 15.6. The molecule has 22 heavy (non-hydrogen) atoms. The molecule has 1 rings (SSSR count).